The summed E-state index contributed by atoms with van der Waals surface area (Å²) in [6, 6.07) is 12.0. The molecule has 2 rings (SSSR count). The predicted octanol–water partition coefficient (Wildman–Crippen LogP) is 4.25. The van der Waals surface area contributed by atoms with Gasteiger partial charge in [-0.3, -0.25) is 0 Å². The summed E-state index contributed by atoms with van der Waals surface area (Å²) >= 11 is 5.65. The number of methoxy groups -OCH3 is 1. The standard InChI is InChI=1S/C15H17ClO2/c1-17-14-8-9-15(18-11-5-4-10-16)13-7-3-2-6-12(13)14/h2-3,6-9H,4-5,10-11H2,1H3. The molecule has 0 aliphatic rings. The van der Waals surface area contributed by atoms with E-state index in [9.17, 15) is 0 Å². The molecular formula is C15H17ClO2. The van der Waals surface area contributed by atoms with Gasteiger partial charge in [0.05, 0.1) is 13.7 Å². The molecule has 2 nitrogen and oxygen atoms in total. The highest BCUT2D eigenvalue weighted by atomic mass is 35.5. The van der Waals surface area contributed by atoms with Crippen LogP contribution in [0.3, 0.4) is 0 Å². The van der Waals surface area contributed by atoms with Crippen LogP contribution in [0.15, 0.2) is 36.4 Å². The highest BCUT2D eigenvalue weighted by molar-refractivity contribution is 6.17. The summed E-state index contributed by atoms with van der Waals surface area (Å²) in [6.45, 7) is 0.697. The summed E-state index contributed by atoms with van der Waals surface area (Å²) < 4.78 is 11.2. The third-order valence-electron chi connectivity index (χ3n) is 2.85. The number of rotatable bonds is 6. The molecule has 2 aromatic carbocycles. The molecule has 0 heterocycles. The smallest absolute Gasteiger partial charge is 0.127 e. The van der Waals surface area contributed by atoms with Crippen LogP contribution in [-0.4, -0.2) is 19.6 Å². The first-order valence-corrected chi connectivity index (χ1v) is 6.64. The number of benzene rings is 2. The minimum Gasteiger partial charge on any atom is -0.496 e. The van der Waals surface area contributed by atoms with E-state index in [1.54, 1.807) is 7.11 Å². The van der Waals surface area contributed by atoms with Gasteiger partial charge >= 0.3 is 0 Å². The number of alkyl halides is 1. The number of unbranched alkanes of at least 4 members (excludes halogenated alkanes) is 1. The molecule has 0 aliphatic heterocycles. The average molecular weight is 265 g/mol. The average Bonchev–Trinajstić information content (AvgIpc) is 2.43. The van der Waals surface area contributed by atoms with E-state index in [4.69, 9.17) is 21.1 Å². The topological polar surface area (TPSA) is 18.5 Å². The molecule has 0 unspecified atom stereocenters. The van der Waals surface area contributed by atoms with Crippen LogP contribution in [0.1, 0.15) is 12.8 Å². The quantitative estimate of drug-likeness (QED) is 0.574. The van der Waals surface area contributed by atoms with Crippen molar-refractivity contribution in [3.8, 4) is 11.5 Å². The molecule has 18 heavy (non-hydrogen) atoms. The zero-order valence-corrected chi connectivity index (χ0v) is 11.2. The van der Waals surface area contributed by atoms with E-state index in [0.29, 0.717) is 12.5 Å². The van der Waals surface area contributed by atoms with Crippen molar-refractivity contribution in [2.24, 2.45) is 0 Å². The third-order valence-corrected chi connectivity index (χ3v) is 3.12. The largest absolute Gasteiger partial charge is 0.496 e. The van der Waals surface area contributed by atoms with Crippen LogP contribution in [0.5, 0.6) is 11.5 Å². The second kappa shape index (κ2) is 6.50. The Balaban J connectivity index is 2.23. The summed E-state index contributed by atoms with van der Waals surface area (Å²) in [5, 5.41) is 2.16. The SMILES string of the molecule is COc1ccc(OCCCCCl)c2ccccc12. The first-order valence-electron chi connectivity index (χ1n) is 6.11. The van der Waals surface area contributed by atoms with Gasteiger partial charge in [0.25, 0.3) is 0 Å². The number of hydrogen-bond donors (Lipinski definition) is 0. The highest BCUT2D eigenvalue weighted by Crippen LogP contribution is 2.32. The van der Waals surface area contributed by atoms with Gasteiger partial charge in [-0.1, -0.05) is 24.3 Å². The molecule has 0 bridgehead atoms. The van der Waals surface area contributed by atoms with Crippen molar-refractivity contribution in [1.29, 1.82) is 0 Å². The highest BCUT2D eigenvalue weighted by Gasteiger charge is 2.06. The number of fused-ring (bicyclic) bond motifs is 1. The Morgan fingerprint density at radius 1 is 0.944 bits per heavy atom. The number of halogens is 1. The van der Waals surface area contributed by atoms with Crippen LogP contribution in [0, 0.1) is 0 Å². The summed E-state index contributed by atoms with van der Waals surface area (Å²) in [6.07, 6.45) is 1.96. The van der Waals surface area contributed by atoms with Crippen LogP contribution >= 0.6 is 11.6 Å². The monoisotopic (exact) mass is 264 g/mol. The van der Waals surface area contributed by atoms with Crippen molar-refractivity contribution in [2.75, 3.05) is 19.6 Å². The van der Waals surface area contributed by atoms with Crippen molar-refractivity contribution in [3.05, 3.63) is 36.4 Å². The zero-order valence-electron chi connectivity index (χ0n) is 10.5. The van der Waals surface area contributed by atoms with Crippen LogP contribution in [0.25, 0.3) is 10.8 Å². The Kier molecular flexibility index (Phi) is 4.71. The third kappa shape index (κ3) is 2.88. The van der Waals surface area contributed by atoms with Gasteiger partial charge in [0, 0.05) is 16.7 Å². The van der Waals surface area contributed by atoms with Crippen LogP contribution < -0.4 is 9.47 Å². The van der Waals surface area contributed by atoms with Crippen molar-refractivity contribution in [3.63, 3.8) is 0 Å². The van der Waals surface area contributed by atoms with Crippen molar-refractivity contribution >= 4 is 22.4 Å². The molecule has 0 spiro atoms. The fourth-order valence-electron chi connectivity index (χ4n) is 1.93. The molecule has 0 saturated carbocycles. The second-order valence-electron chi connectivity index (χ2n) is 4.06. The fraction of sp³-hybridized carbons (Fsp3) is 0.333. The summed E-state index contributed by atoms with van der Waals surface area (Å²) in [7, 11) is 1.68. The first-order chi connectivity index (χ1) is 8.86. The number of hydrogen-bond acceptors (Lipinski definition) is 2. The Labute approximate surface area is 112 Å². The van der Waals surface area contributed by atoms with Gasteiger partial charge in [0.2, 0.25) is 0 Å². The minimum atomic E-state index is 0.687. The molecule has 0 aliphatic carbocycles. The lowest BCUT2D eigenvalue weighted by atomic mass is 10.1. The van der Waals surface area contributed by atoms with Gasteiger partial charge in [-0.05, 0) is 25.0 Å². The molecule has 0 aromatic heterocycles. The van der Waals surface area contributed by atoms with E-state index in [-0.39, 0.29) is 0 Å². The lowest BCUT2D eigenvalue weighted by Gasteiger charge is -2.11. The van der Waals surface area contributed by atoms with Crippen molar-refractivity contribution in [2.45, 2.75) is 12.8 Å². The van der Waals surface area contributed by atoms with E-state index in [1.165, 1.54) is 0 Å². The van der Waals surface area contributed by atoms with Gasteiger partial charge < -0.3 is 9.47 Å². The molecule has 2 aromatic rings. The molecule has 0 radical (unpaired) electrons. The van der Waals surface area contributed by atoms with Gasteiger partial charge in [-0.25, -0.2) is 0 Å². The lowest BCUT2D eigenvalue weighted by Crippen LogP contribution is -1.98. The Bertz CT molecular complexity index is 511. The summed E-state index contributed by atoms with van der Waals surface area (Å²) in [5.41, 5.74) is 0. The summed E-state index contributed by atoms with van der Waals surface area (Å²) in [4.78, 5) is 0. The van der Waals surface area contributed by atoms with Crippen molar-refractivity contribution < 1.29 is 9.47 Å². The molecule has 0 amide bonds. The zero-order chi connectivity index (χ0) is 12.8. The van der Waals surface area contributed by atoms with E-state index in [1.807, 2.05) is 30.3 Å². The lowest BCUT2D eigenvalue weighted by molar-refractivity contribution is 0.313. The fourth-order valence-corrected chi connectivity index (χ4v) is 2.12. The maximum absolute atomic E-state index is 5.81. The molecule has 0 N–H and O–H groups in total. The maximum Gasteiger partial charge on any atom is 0.127 e. The Morgan fingerprint density at radius 3 is 2.28 bits per heavy atom. The van der Waals surface area contributed by atoms with E-state index in [2.05, 4.69) is 6.07 Å². The summed E-state index contributed by atoms with van der Waals surface area (Å²) in [5.74, 6) is 2.46. The van der Waals surface area contributed by atoms with Crippen LogP contribution in [0.4, 0.5) is 0 Å². The van der Waals surface area contributed by atoms with E-state index in [0.717, 1.165) is 35.1 Å². The molecule has 0 atom stereocenters. The van der Waals surface area contributed by atoms with Crippen LogP contribution in [-0.2, 0) is 0 Å². The van der Waals surface area contributed by atoms with Gasteiger partial charge in [-0.15, -0.1) is 11.6 Å². The van der Waals surface area contributed by atoms with Crippen molar-refractivity contribution in [1.82, 2.24) is 0 Å². The molecule has 96 valence electrons. The molecule has 0 fully saturated rings. The van der Waals surface area contributed by atoms with E-state index < -0.39 is 0 Å². The van der Waals surface area contributed by atoms with Crippen LogP contribution in [0.2, 0.25) is 0 Å². The molecule has 3 heteroatoms. The number of ether oxygens (including phenoxy) is 2. The minimum absolute atomic E-state index is 0.687. The Hall–Kier alpha value is -1.41. The molecular weight excluding hydrogens is 248 g/mol. The van der Waals surface area contributed by atoms with E-state index >= 15 is 0 Å². The predicted molar refractivity (Wildman–Crippen MR) is 75.9 cm³/mol. The normalized spacial score (nSPS) is 10.6. The molecule has 0 saturated heterocycles. The maximum atomic E-state index is 5.81. The van der Waals surface area contributed by atoms with Gasteiger partial charge in [-0.2, -0.15) is 0 Å². The van der Waals surface area contributed by atoms with Gasteiger partial charge in [0.15, 0.2) is 0 Å². The van der Waals surface area contributed by atoms with Gasteiger partial charge in [0.1, 0.15) is 11.5 Å². The first kappa shape index (κ1) is 13.0. The second-order valence-corrected chi connectivity index (χ2v) is 4.43. The Morgan fingerprint density at radius 2 is 1.61 bits per heavy atom.